The van der Waals surface area contributed by atoms with E-state index in [-0.39, 0.29) is 5.97 Å². The molecular formula is C41H50O9. The zero-order valence-electron chi connectivity index (χ0n) is 29.7. The number of carbonyl (C=O) groups excluding carboxylic acids is 4. The van der Waals surface area contributed by atoms with E-state index in [0.29, 0.717) is 41.4 Å². The predicted molar refractivity (Wildman–Crippen MR) is 191 cm³/mol. The first kappa shape index (κ1) is 39.5. The van der Waals surface area contributed by atoms with E-state index in [9.17, 15) is 19.2 Å². The van der Waals surface area contributed by atoms with Crippen molar-refractivity contribution in [3.8, 4) is 17.2 Å². The van der Waals surface area contributed by atoms with E-state index in [4.69, 9.17) is 23.7 Å². The molecule has 9 nitrogen and oxygen atoms in total. The molecule has 0 unspecified atom stereocenters. The number of unbranched alkanes of at least 4 members (excludes halogenated alkanes) is 5. The summed E-state index contributed by atoms with van der Waals surface area (Å²) in [4.78, 5) is 48.6. The minimum atomic E-state index is -0.550. The zero-order valence-corrected chi connectivity index (χ0v) is 29.7. The van der Waals surface area contributed by atoms with Gasteiger partial charge in [-0.1, -0.05) is 44.0 Å². The fraction of sp³-hybridized carbons (Fsp3) is 0.415. The summed E-state index contributed by atoms with van der Waals surface area (Å²) < 4.78 is 27.7. The first-order chi connectivity index (χ1) is 23.9. The summed E-state index contributed by atoms with van der Waals surface area (Å²) in [7, 11) is 0. The van der Waals surface area contributed by atoms with Gasteiger partial charge < -0.3 is 23.7 Å². The van der Waals surface area contributed by atoms with Crippen LogP contribution in [0.5, 0.6) is 17.2 Å². The molecule has 0 aliphatic carbocycles. The smallest absolute Gasteiger partial charge is 0.343 e. The van der Waals surface area contributed by atoms with Gasteiger partial charge in [-0.3, -0.25) is 4.79 Å². The molecular weight excluding hydrogens is 636 g/mol. The fourth-order valence-electron chi connectivity index (χ4n) is 5.14. The lowest BCUT2D eigenvalue weighted by atomic mass is 9.99. The van der Waals surface area contributed by atoms with Crippen molar-refractivity contribution < 1.29 is 42.9 Å². The molecule has 0 fully saturated rings. The van der Waals surface area contributed by atoms with E-state index in [1.54, 1.807) is 72.8 Å². The molecule has 3 aromatic carbocycles. The van der Waals surface area contributed by atoms with Crippen LogP contribution in [0, 0.1) is 0 Å². The molecule has 9 heteroatoms. The highest BCUT2D eigenvalue weighted by Crippen LogP contribution is 2.23. The van der Waals surface area contributed by atoms with E-state index in [1.165, 1.54) is 6.08 Å². The average Bonchev–Trinajstić information content (AvgIpc) is 3.08. The van der Waals surface area contributed by atoms with Crippen LogP contribution in [0.2, 0.25) is 0 Å². The van der Waals surface area contributed by atoms with Gasteiger partial charge in [0.05, 0.1) is 17.7 Å². The second-order valence-electron chi connectivity index (χ2n) is 13.3. The average molecular weight is 687 g/mol. The molecule has 0 saturated carbocycles. The van der Waals surface area contributed by atoms with Crippen LogP contribution in [0.3, 0.4) is 0 Å². The number of esters is 4. The normalized spacial score (nSPS) is 11.3. The Morgan fingerprint density at radius 1 is 0.580 bits per heavy atom. The highest BCUT2D eigenvalue weighted by Gasteiger charge is 2.23. The minimum Gasteiger partial charge on any atom is -0.494 e. The monoisotopic (exact) mass is 686 g/mol. The Hall–Kier alpha value is -4.92. The summed E-state index contributed by atoms with van der Waals surface area (Å²) in [5.74, 6) is -0.247. The molecule has 0 radical (unpaired) electrons. The number of ether oxygens (including phenoxy) is 5. The molecule has 0 aliphatic rings. The van der Waals surface area contributed by atoms with Crippen molar-refractivity contribution >= 4 is 23.9 Å². The van der Waals surface area contributed by atoms with Gasteiger partial charge in [-0.25, -0.2) is 14.4 Å². The quantitative estimate of drug-likeness (QED) is 0.0468. The van der Waals surface area contributed by atoms with Gasteiger partial charge in [0.2, 0.25) is 0 Å². The Morgan fingerprint density at radius 2 is 1.06 bits per heavy atom. The van der Waals surface area contributed by atoms with Crippen LogP contribution in [0.25, 0.3) is 0 Å². The summed E-state index contributed by atoms with van der Waals surface area (Å²) in [6.45, 7) is 11.6. The minimum absolute atomic E-state index is 0.183. The lowest BCUT2D eigenvalue weighted by Crippen LogP contribution is -2.28. The zero-order chi connectivity index (χ0) is 36.4. The number of benzene rings is 3. The first-order valence-corrected chi connectivity index (χ1v) is 17.3. The molecule has 0 aromatic heterocycles. The Labute approximate surface area is 295 Å². The second-order valence-corrected chi connectivity index (χ2v) is 13.3. The Balaban J connectivity index is 1.25. The lowest BCUT2D eigenvalue weighted by molar-refractivity contribution is -0.157. The van der Waals surface area contributed by atoms with Gasteiger partial charge in [-0.05, 0) is 127 Å². The molecule has 0 aliphatic heterocycles. The highest BCUT2D eigenvalue weighted by atomic mass is 16.6. The Morgan fingerprint density at radius 3 is 1.62 bits per heavy atom. The maximum absolute atomic E-state index is 12.6. The van der Waals surface area contributed by atoms with Gasteiger partial charge in [0.25, 0.3) is 0 Å². The summed E-state index contributed by atoms with van der Waals surface area (Å²) in [6, 6.07) is 21.7. The molecule has 0 amide bonds. The van der Waals surface area contributed by atoms with Gasteiger partial charge in [-0.2, -0.15) is 0 Å². The molecule has 0 heterocycles. The molecule has 0 bridgehead atoms. The summed E-state index contributed by atoms with van der Waals surface area (Å²) in [6.07, 6.45) is 9.29. The second kappa shape index (κ2) is 19.9. The van der Waals surface area contributed by atoms with Gasteiger partial charge in [0.15, 0.2) is 0 Å². The Kier molecular flexibility index (Phi) is 15.7. The SMILES string of the molecule is C=CC(=O)OC(C)(C)CCCCCC(=O)OC(C)(C)CCCCCCOc1ccc(C(=O)Oc2ccc(OC(=O)c3ccccc3)cc2)cc1. The van der Waals surface area contributed by atoms with Crippen molar-refractivity contribution in [2.75, 3.05) is 6.61 Å². The largest absolute Gasteiger partial charge is 0.494 e. The van der Waals surface area contributed by atoms with Crippen molar-refractivity contribution in [2.45, 2.75) is 103 Å². The van der Waals surface area contributed by atoms with Gasteiger partial charge >= 0.3 is 23.9 Å². The number of hydrogen-bond donors (Lipinski definition) is 0. The molecule has 0 spiro atoms. The molecule has 0 saturated heterocycles. The third kappa shape index (κ3) is 15.1. The van der Waals surface area contributed by atoms with Crippen LogP contribution in [0.4, 0.5) is 0 Å². The molecule has 3 rings (SSSR count). The van der Waals surface area contributed by atoms with Crippen molar-refractivity contribution in [1.82, 2.24) is 0 Å². The van der Waals surface area contributed by atoms with Crippen LogP contribution in [-0.4, -0.2) is 41.7 Å². The topological polar surface area (TPSA) is 114 Å². The predicted octanol–water partition coefficient (Wildman–Crippen LogP) is 9.23. The van der Waals surface area contributed by atoms with Crippen LogP contribution in [-0.2, 0) is 19.1 Å². The van der Waals surface area contributed by atoms with Gasteiger partial charge in [0, 0.05) is 12.5 Å². The van der Waals surface area contributed by atoms with Crippen molar-refractivity contribution in [1.29, 1.82) is 0 Å². The van der Waals surface area contributed by atoms with E-state index in [0.717, 1.165) is 57.8 Å². The van der Waals surface area contributed by atoms with E-state index in [1.807, 2.05) is 33.8 Å². The maximum atomic E-state index is 12.6. The van der Waals surface area contributed by atoms with Gasteiger partial charge in [-0.15, -0.1) is 0 Å². The standard InChI is InChI=1S/C41H50O9/c1-6-36(42)49-40(2,3)29-15-10-13-19-37(43)50-41(4,5)28-14-7-8-16-30-46-33-22-20-32(21-23-33)39(45)48-35-26-24-34(25-27-35)47-38(44)31-17-11-9-12-18-31/h6,9,11-12,17-18,20-27H,1,7-8,10,13-16,19,28-30H2,2-5H3. The molecule has 0 N–H and O–H groups in total. The van der Waals surface area contributed by atoms with Gasteiger partial charge in [0.1, 0.15) is 28.5 Å². The van der Waals surface area contributed by atoms with Crippen LogP contribution in [0.15, 0.2) is 91.5 Å². The first-order valence-electron chi connectivity index (χ1n) is 17.3. The van der Waals surface area contributed by atoms with Crippen LogP contribution >= 0.6 is 0 Å². The number of carbonyl (C=O) groups is 4. The number of hydrogen-bond acceptors (Lipinski definition) is 9. The molecule has 268 valence electrons. The Bertz CT molecular complexity index is 1520. The lowest BCUT2D eigenvalue weighted by Gasteiger charge is -2.25. The van der Waals surface area contributed by atoms with E-state index in [2.05, 4.69) is 6.58 Å². The van der Waals surface area contributed by atoms with Crippen molar-refractivity contribution in [3.05, 3.63) is 103 Å². The maximum Gasteiger partial charge on any atom is 0.343 e. The van der Waals surface area contributed by atoms with E-state index < -0.39 is 29.1 Å². The summed E-state index contributed by atoms with van der Waals surface area (Å²) in [5, 5.41) is 0. The number of rotatable bonds is 21. The summed E-state index contributed by atoms with van der Waals surface area (Å²) >= 11 is 0. The van der Waals surface area contributed by atoms with Crippen LogP contribution in [0.1, 0.15) is 113 Å². The third-order valence-corrected chi connectivity index (χ3v) is 7.88. The molecule has 50 heavy (non-hydrogen) atoms. The van der Waals surface area contributed by atoms with Crippen LogP contribution < -0.4 is 14.2 Å². The molecule has 0 atom stereocenters. The third-order valence-electron chi connectivity index (χ3n) is 7.88. The van der Waals surface area contributed by atoms with E-state index >= 15 is 0 Å². The fourth-order valence-corrected chi connectivity index (χ4v) is 5.14. The highest BCUT2D eigenvalue weighted by molar-refractivity contribution is 5.92. The summed E-state index contributed by atoms with van der Waals surface area (Å²) in [5.41, 5.74) is -0.239. The van der Waals surface area contributed by atoms with Crippen molar-refractivity contribution in [2.24, 2.45) is 0 Å². The molecule has 3 aromatic rings. The van der Waals surface area contributed by atoms with Crippen molar-refractivity contribution in [3.63, 3.8) is 0 Å².